The van der Waals surface area contributed by atoms with Crippen molar-refractivity contribution in [1.29, 1.82) is 0 Å². The van der Waals surface area contributed by atoms with E-state index in [0.29, 0.717) is 19.1 Å². The summed E-state index contributed by atoms with van der Waals surface area (Å²) in [7, 11) is 0. The van der Waals surface area contributed by atoms with Gasteiger partial charge in [0.2, 0.25) is 6.79 Å². The van der Waals surface area contributed by atoms with Gasteiger partial charge in [-0.25, -0.2) is 0 Å². The number of carbonyl (C=O) groups is 1. The molecule has 26 heavy (non-hydrogen) atoms. The van der Waals surface area contributed by atoms with Gasteiger partial charge in [0.15, 0.2) is 11.5 Å². The molecule has 136 valence electrons. The number of fused-ring (bicyclic) bond motifs is 1. The SMILES string of the molecule is CCOc1ccc([C@H]2C[C@@H](c3ccc4c(c3)OCO4)CN2CC=O)cc1. The highest BCUT2D eigenvalue weighted by Gasteiger charge is 2.34. The molecule has 0 aromatic heterocycles. The first-order chi connectivity index (χ1) is 12.8. The number of ether oxygens (including phenoxy) is 3. The van der Waals surface area contributed by atoms with Crippen molar-refractivity contribution in [3.05, 3.63) is 53.6 Å². The highest BCUT2D eigenvalue weighted by atomic mass is 16.7. The molecule has 0 radical (unpaired) electrons. The van der Waals surface area contributed by atoms with Crippen LogP contribution in [0.2, 0.25) is 0 Å². The highest BCUT2D eigenvalue weighted by molar-refractivity contribution is 5.53. The summed E-state index contributed by atoms with van der Waals surface area (Å²) in [6.45, 7) is 4.23. The minimum absolute atomic E-state index is 0.228. The van der Waals surface area contributed by atoms with E-state index >= 15 is 0 Å². The number of hydrogen-bond acceptors (Lipinski definition) is 5. The van der Waals surface area contributed by atoms with E-state index in [-0.39, 0.29) is 12.8 Å². The molecule has 0 aliphatic carbocycles. The van der Waals surface area contributed by atoms with E-state index in [2.05, 4.69) is 29.2 Å². The third kappa shape index (κ3) is 3.27. The van der Waals surface area contributed by atoms with Gasteiger partial charge in [0, 0.05) is 12.6 Å². The fraction of sp³-hybridized carbons (Fsp3) is 0.381. The van der Waals surface area contributed by atoms with E-state index in [1.165, 1.54) is 11.1 Å². The zero-order valence-electron chi connectivity index (χ0n) is 14.9. The minimum Gasteiger partial charge on any atom is -0.494 e. The van der Waals surface area contributed by atoms with Gasteiger partial charge in [-0.3, -0.25) is 4.90 Å². The van der Waals surface area contributed by atoms with Crippen LogP contribution in [0.15, 0.2) is 42.5 Å². The smallest absolute Gasteiger partial charge is 0.231 e. The summed E-state index contributed by atoms with van der Waals surface area (Å²) in [5.74, 6) is 2.86. The second kappa shape index (κ2) is 7.38. The number of aldehydes is 1. The lowest BCUT2D eigenvalue weighted by molar-refractivity contribution is -0.109. The molecule has 0 saturated carbocycles. The van der Waals surface area contributed by atoms with E-state index in [0.717, 1.165) is 36.5 Å². The molecule has 0 amide bonds. The van der Waals surface area contributed by atoms with Crippen molar-refractivity contribution in [3.63, 3.8) is 0 Å². The average molecular weight is 353 g/mol. The van der Waals surface area contributed by atoms with Crippen molar-refractivity contribution in [2.75, 3.05) is 26.5 Å². The summed E-state index contributed by atoms with van der Waals surface area (Å²) in [5, 5.41) is 0. The Labute approximate surface area is 153 Å². The quantitative estimate of drug-likeness (QED) is 0.744. The Kier molecular flexibility index (Phi) is 4.80. The molecule has 5 heteroatoms. The van der Waals surface area contributed by atoms with E-state index in [9.17, 15) is 4.79 Å². The maximum Gasteiger partial charge on any atom is 0.231 e. The first-order valence-corrected chi connectivity index (χ1v) is 9.08. The Hall–Kier alpha value is -2.53. The van der Waals surface area contributed by atoms with Crippen molar-refractivity contribution in [1.82, 2.24) is 4.90 Å². The third-order valence-electron chi connectivity index (χ3n) is 5.16. The number of likely N-dealkylation sites (tertiary alicyclic amines) is 1. The van der Waals surface area contributed by atoms with Gasteiger partial charge in [-0.2, -0.15) is 0 Å². The van der Waals surface area contributed by atoms with Crippen LogP contribution in [-0.2, 0) is 4.79 Å². The summed E-state index contributed by atoms with van der Waals surface area (Å²) >= 11 is 0. The summed E-state index contributed by atoms with van der Waals surface area (Å²) < 4.78 is 16.5. The van der Waals surface area contributed by atoms with Crippen LogP contribution in [0.4, 0.5) is 0 Å². The highest BCUT2D eigenvalue weighted by Crippen LogP contribution is 2.43. The number of carbonyl (C=O) groups excluding carboxylic acids is 1. The van der Waals surface area contributed by atoms with Crippen LogP contribution in [-0.4, -0.2) is 37.7 Å². The molecule has 1 saturated heterocycles. The van der Waals surface area contributed by atoms with Crippen molar-refractivity contribution in [2.24, 2.45) is 0 Å². The zero-order chi connectivity index (χ0) is 17.9. The van der Waals surface area contributed by atoms with Gasteiger partial charge in [0.05, 0.1) is 13.2 Å². The van der Waals surface area contributed by atoms with Crippen LogP contribution in [0.1, 0.15) is 36.4 Å². The largest absolute Gasteiger partial charge is 0.494 e. The molecule has 5 nitrogen and oxygen atoms in total. The van der Waals surface area contributed by atoms with Crippen LogP contribution < -0.4 is 14.2 Å². The molecule has 2 aliphatic heterocycles. The van der Waals surface area contributed by atoms with Gasteiger partial charge in [0.25, 0.3) is 0 Å². The van der Waals surface area contributed by atoms with Crippen LogP contribution >= 0.6 is 0 Å². The van der Waals surface area contributed by atoms with Gasteiger partial charge in [-0.15, -0.1) is 0 Å². The van der Waals surface area contributed by atoms with Gasteiger partial charge in [0.1, 0.15) is 12.0 Å². The monoisotopic (exact) mass is 353 g/mol. The summed E-state index contributed by atoms with van der Waals surface area (Å²) in [5.41, 5.74) is 2.46. The van der Waals surface area contributed by atoms with Crippen molar-refractivity contribution in [2.45, 2.75) is 25.3 Å². The summed E-state index contributed by atoms with van der Waals surface area (Å²) in [6, 6.07) is 14.6. The number of rotatable bonds is 6. The predicted molar refractivity (Wildman–Crippen MR) is 97.9 cm³/mol. The lowest BCUT2D eigenvalue weighted by atomic mass is 9.93. The maximum absolute atomic E-state index is 11.2. The number of nitrogens with zero attached hydrogens (tertiary/aromatic N) is 1. The van der Waals surface area contributed by atoms with Crippen LogP contribution in [0.25, 0.3) is 0 Å². The number of hydrogen-bond donors (Lipinski definition) is 0. The molecule has 2 aromatic carbocycles. The van der Waals surface area contributed by atoms with Gasteiger partial charge in [-0.1, -0.05) is 18.2 Å². The lowest BCUT2D eigenvalue weighted by Gasteiger charge is -2.22. The van der Waals surface area contributed by atoms with Crippen molar-refractivity contribution >= 4 is 6.29 Å². The van der Waals surface area contributed by atoms with Crippen LogP contribution in [0.3, 0.4) is 0 Å². The van der Waals surface area contributed by atoms with Crippen molar-refractivity contribution < 1.29 is 19.0 Å². The zero-order valence-corrected chi connectivity index (χ0v) is 14.9. The first-order valence-electron chi connectivity index (χ1n) is 9.08. The molecule has 2 atom stereocenters. The van der Waals surface area contributed by atoms with Gasteiger partial charge >= 0.3 is 0 Å². The molecule has 2 aromatic rings. The standard InChI is InChI=1S/C21H23NO4/c1-2-24-18-6-3-15(4-7-18)19-11-17(13-22(19)9-10-23)16-5-8-20-21(12-16)26-14-25-20/h3-8,10,12,17,19H,2,9,11,13-14H2,1H3/t17-,19-/m1/s1. The topological polar surface area (TPSA) is 48.0 Å². The molecule has 0 spiro atoms. The fourth-order valence-electron chi connectivity index (χ4n) is 3.91. The normalized spacial score (nSPS) is 21.7. The second-order valence-corrected chi connectivity index (χ2v) is 6.68. The Bertz CT molecular complexity index is 774. The van der Waals surface area contributed by atoms with E-state index in [4.69, 9.17) is 14.2 Å². The lowest BCUT2D eigenvalue weighted by Crippen LogP contribution is -2.25. The summed E-state index contributed by atoms with van der Waals surface area (Å²) in [4.78, 5) is 13.4. The van der Waals surface area contributed by atoms with E-state index in [1.807, 2.05) is 25.1 Å². The van der Waals surface area contributed by atoms with E-state index < -0.39 is 0 Å². The number of benzene rings is 2. The van der Waals surface area contributed by atoms with Gasteiger partial charge in [-0.05, 0) is 54.7 Å². The molecule has 0 bridgehead atoms. The molecule has 4 rings (SSSR count). The maximum atomic E-state index is 11.2. The Morgan fingerprint density at radius 1 is 1.12 bits per heavy atom. The average Bonchev–Trinajstić information content (AvgIpc) is 3.29. The molecular weight excluding hydrogens is 330 g/mol. The third-order valence-corrected chi connectivity index (χ3v) is 5.16. The molecule has 2 aliphatic rings. The minimum atomic E-state index is 0.228. The molecule has 1 fully saturated rings. The Balaban J connectivity index is 1.55. The fourth-order valence-corrected chi connectivity index (χ4v) is 3.91. The second-order valence-electron chi connectivity index (χ2n) is 6.68. The Morgan fingerprint density at radius 2 is 1.88 bits per heavy atom. The molecule has 2 heterocycles. The Morgan fingerprint density at radius 3 is 2.65 bits per heavy atom. The predicted octanol–water partition coefficient (Wildman–Crippen LogP) is 3.54. The van der Waals surface area contributed by atoms with E-state index in [1.54, 1.807) is 0 Å². The molecule has 0 unspecified atom stereocenters. The molecule has 0 N–H and O–H groups in total. The van der Waals surface area contributed by atoms with Crippen molar-refractivity contribution in [3.8, 4) is 17.2 Å². The first kappa shape index (κ1) is 16.9. The summed E-state index contributed by atoms with van der Waals surface area (Å²) in [6.07, 6.45) is 1.96. The van der Waals surface area contributed by atoms with Gasteiger partial charge < -0.3 is 19.0 Å². The van der Waals surface area contributed by atoms with Crippen LogP contribution in [0, 0.1) is 0 Å². The van der Waals surface area contributed by atoms with Crippen LogP contribution in [0.5, 0.6) is 17.2 Å². The molecular formula is C21H23NO4.